The van der Waals surface area contributed by atoms with Gasteiger partial charge in [0.05, 0.1) is 11.4 Å². The summed E-state index contributed by atoms with van der Waals surface area (Å²) in [4.78, 5) is 23.3. The molecule has 2 heterocycles. The Balaban J connectivity index is 2.02. The van der Waals surface area contributed by atoms with E-state index in [-0.39, 0.29) is 5.69 Å². The van der Waals surface area contributed by atoms with E-state index < -0.39 is 26.2 Å². The van der Waals surface area contributed by atoms with Crippen LogP contribution in [0, 0.1) is 0 Å². The molecular weight excluding hydrogens is 350 g/mol. The minimum Gasteiger partial charge on any atom is -0.302 e. The molecule has 0 fully saturated rings. The first kappa shape index (κ1) is 16.6. The van der Waals surface area contributed by atoms with Crippen molar-refractivity contribution in [1.29, 1.82) is 0 Å². The maximum absolute atomic E-state index is 12.5. The van der Waals surface area contributed by atoms with Gasteiger partial charge in [0.1, 0.15) is 6.33 Å². The lowest BCUT2D eigenvalue weighted by atomic mass is 10.3. The Morgan fingerprint density at radius 2 is 1.92 bits per heavy atom. The maximum Gasteiger partial charge on any atom is 0.330 e. The minimum absolute atomic E-state index is 0.212. The third-order valence-corrected chi connectivity index (χ3v) is 4.78. The molecule has 2 aromatic heterocycles. The molecular formula is C13H13N7O4S. The van der Waals surface area contributed by atoms with Crippen LogP contribution < -0.4 is 16.0 Å². The zero-order chi connectivity index (χ0) is 18.2. The predicted octanol–water partition coefficient (Wildman–Crippen LogP) is -1.14. The van der Waals surface area contributed by atoms with E-state index in [1.165, 1.54) is 37.2 Å². The van der Waals surface area contributed by atoms with Crippen molar-refractivity contribution >= 4 is 15.7 Å². The van der Waals surface area contributed by atoms with Crippen LogP contribution in [0.5, 0.6) is 0 Å². The molecule has 12 heteroatoms. The van der Waals surface area contributed by atoms with Crippen LogP contribution in [0.15, 0.2) is 51.3 Å². The molecule has 0 atom stereocenters. The van der Waals surface area contributed by atoms with Gasteiger partial charge in [0.15, 0.2) is 4.90 Å². The molecule has 25 heavy (non-hydrogen) atoms. The Labute approximate surface area is 141 Å². The van der Waals surface area contributed by atoms with Crippen LogP contribution in [0.1, 0.15) is 0 Å². The van der Waals surface area contributed by atoms with Crippen molar-refractivity contribution in [2.24, 2.45) is 14.1 Å². The predicted molar refractivity (Wildman–Crippen MR) is 86.9 cm³/mol. The molecule has 0 bridgehead atoms. The molecule has 0 amide bonds. The molecule has 3 rings (SSSR count). The summed E-state index contributed by atoms with van der Waals surface area (Å²) in [7, 11) is -1.62. The number of tetrazole rings is 1. The smallest absolute Gasteiger partial charge is 0.302 e. The monoisotopic (exact) mass is 363 g/mol. The SMILES string of the molecule is Cn1cc(S(=O)(=O)Nc2cccc(-n3cnnn3)c2)c(=O)n(C)c1=O. The Hall–Kier alpha value is -3.28. The lowest BCUT2D eigenvalue weighted by Gasteiger charge is -2.10. The van der Waals surface area contributed by atoms with Gasteiger partial charge in [0, 0.05) is 20.3 Å². The van der Waals surface area contributed by atoms with E-state index in [0.29, 0.717) is 5.69 Å². The van der Waals surface area contributed by atoms with Gasteiger partial charge in [-0.05, 0) is 28.6 Å². The van der Waals surface area contributed by atoms with Crippen LogP contribution in [-0.2, 0) is 24.1 Å². The van der Waals surface area contributed by atoms with E-state index in [2.05, 4.69) is 20.2 Å². The average Bonchev–Trinajstić information content (AvgIpc) is 3.10. The molecule has 0 aliphatic carbocycles. The van der Waals surface area contributed by atoms with Crippen molar-refractivity contribution in [2.45, 2.75) is 4.90 Å². The topological polar surface area (TPSA) is 134 Å². The van der Waals surface area contributed by atoms with E-state index >= 15 is 0 Å². The Kier molecular flexibility index (Phi) is 3.96. The van der Waals surface area contributed by atoms with Crippen molar-refractivity contribution in [3.05, 3.63) is 57.6 Å². The highest BCUT2D eigenvalue weighted by atomic mass is 32.2. The fourth-order valence-corrected chi connectivity index (χ4v) is 3.37. The molecule has 0 saturated heterocycles. The molecule has 3 aromatic rings. The summed E-state index contributed by atoms with van der Waals surface area (Å²) in [5.74, 6) is 0. The van der Waals surface area contributed by atoms with Gasteiger partial charge in [0.2, 0.25) is 0 Å². The average molecular weight is 363 g/mol. The van der Waals surface area contributed by atoms with Crippen molar-refractivity contribution in [3.8, 4) is 5.69 Å². The van der Waals surface area contributed by atoms with Gasteiger partial charge in [-0.2, -0.15) is 0 Å². The number of anilines is 1. The van der Waals surface area contributed by atoms with Gasteiger partial charge >= 0.3 is 5.69 Å². The number of nitrogens with one attached hydrogen (secondary N) is 1. The highest BCUT2D eigenvalue weighted by Gasteiger charge is 2.21. The largest absolute Gasteiger partial charge is 0.330 e. The second kappa shape index (κ2) is 5.98. The van der Waals surface area contributed by atoms with E-state index in [9.17, 15) is 18.0 Å². The van der Waals surface area contributed by atoms with Gasteiger partial charge in [-0.3, -0.25) is 14.1 Å². The number of rotatable bonds is 4. The van der Waals surface area contributed by atoms with E-state index in [4.69, 9.17) is 0 Å². The molecule has 0 unspecified atom stereocenters. The lowest BCUT2D eigenvalue weighted by Crippen LogP contribution is -2.40. The molecule has 11 nitrogen and oxygen atoms in total. The highest BCUT2D eigenvalue weighted by Crippen LogP contribution is 2.16. The third-order valence-electron chi connectivity index (χ3n) is 3.42. The van der Waals surface area contributed by atoms with E-state index in [1.807, 2.05) is 0 Å². The standard InChI is InChI=1S/C13H13N7O4S/c1-18-7-11(12(21)19(2)13(18)22)25(23,24)15-9-4-3-5-10(6-9)20-8-14-16-17-20/h3-8,15H,1-2H3. The molecule has 1 N–H and O–H groups in total. The fourth-order valence-electron chi connectivity index (χ4n) is 2.16. The second-order valence-corrected chi connectivity index (χ2v) is 6.81. The molecule has 1 aromatic carbocycles. The fraction of sp³-hybridized carbons (Fsp3) is 0.154. The van der Waals surface area contributed by atoms with Crippen LogP contribution >= 0.6 is 0 Å². The summed E-state index contributed by atoms with van der Waals surface area (Å²) < 4.78 is 30.5. The number of hydrogen-bond acceptors (Lipinski definition) is 7. The highest BCUT2D eigenvalue weighted by molar-refractivity contribution is 7.92. The molecule has 130 valence electrons. The molecule has 0 spiro atoms. The summed E-state index contributed by atoms with van der Waals surface area (Å²) in [6, 6.07) is 6.30. The first-order valence-electron chi connectivity index (χ1n) is 6.92. The van der Waals surface area contributed by atoms with Crippen LogP contribution in [0.2, 0.25) is 0 Å². The van der Waals surface area contributed by atoms with Gasteiger partial charge in [0.25, 0.3) is 15.6 Å². The maximum atomic E-state index is 12.5. The number of benzene rings is 1. The lowest BCUT2D eigenvalue weighted by molar-refractivity contribution is 0.589. The Bertz CT molecular complexity index is 1150. The van der Waals surface area contributed by atoms with Crippen molar-refractivity contribution in [3.63, 3.8) is 0 Å². The van der Waals surface area contributed by atoms with Crippen LogP contribution in [0.4, 0.5) is 5.69 Å². The van der Waals surface area contributed by atoms with Crippen molar-refractivity contribution in [1.82, 2.24) is 29.3 Å². The number of aromatic nitrogens is 6. The molecule has 0 saturated carbocycles. The van der Waals surface area contributed by atoms with Gasteiger partial charge in [-0.25, -0.2) is 17.9 Å². The summed E-state index contributed by atoms with van der Waals surface area (Å²) in [6.07, 6.45) is 2.34. The Morgan fingerprint density at radius 3 is 2.60 bits per heavy atom. The van der Waals surface area contributed by atoms with Gasteiger partial charge in [-0.15, -0.1) is 5.10 Å². The summed E-state index contributed by atoms with van der Waals surface area (Å²) in [5.41, 5.74) is -0.792. The Morgan fingerprint density at radius 1 is 1.16 bits per heavy atom. The van der Waals surface area contributed by atoms with Crippen LogP contribution in [0.25, 0.3) is 5.69 Å². The summed E-state index contributed by atoms with van der Waals surface area (Å²) in [6.45, 7) is 0. The summed E-state index contributed by atoms with van der Waals surface area (Å²) in [5, 5.41) is 10.7. The zero-order valence-corrected chi connectivity index (χ0v) is 14.0. The molecule has 0 radical (unpaired) electrons. The quantitative estimate of drug-likeness (QED) is 0.619. The van der Waals surface area contributed by atoms with E-state index in [1.54, 1.807) is 12.1 Å². The van der Waals surface area contributed by atoms with Gasteiger partial charge in [-0.1, -0.05) is 6.07 Å². The first-order chi connectivity index (χ1) is 11.8. The number of nitrogens with zero attached hydrogens (tertiary/aromatic N) is 6. The number of sulfonamides is 1. The van der Waals surface area contributed by atoms with Crippen LogP contribution in [-0.4, -0.2) is 37.8 Å². The third kappa shape index (κ3) is 3.06. The van der Waals surface area contributed by atoms with Crippen molar-refractivity contribution < 1.29 is 8.42 Å². The second-order valence-electron chi connectivity index (χ2n) is 5.16. The van der Waals surface area contributed by atoms with Gasteiger partial charge < -0.3 is 4.57 Å². The first-order valence-corrected chi connectivity index (χ1v) is 8.41. The molecule has 0 aliphatic rings. The minimum atomic E-state index is -4.20. The summed E-state index contributed by atoms with van der Waals surface area (Å²) >= 11 is 0. The molecule has 0 aliphatic heterocycles. The normalized spacial score (nSPS) is 11.4. The van der Waals surface area contributed by atoms with Crippen molar-refractivity contribution in [2.75, 3.05) is 4.72 Å². The van der Waals surface area contributed by atoms with E-state index in [0.717, 1.165) is 15.3 Å². The number of hydrogen-bond donors (Lipinski definition) is 1. The van der Waals surface area contributed by atoms with Crippen LogP contribution in [0.3, 0.4) is 0 Å². The number of aryl methyl sites for hydroxylation is 1. The zero-order valence-electron chi connectivity index (χ0n) is 13.2.